The van der Waals surface area contributed by atoms with Crippen LogP contribution in [0.5, 0.6) is 0 Å². The van der Waals surface area contributed by atoms with Gasteiger partial charge in [-0.25, -0.2) is 32.1 Å². The molecule has 9 nitrogen and oxygen atoms in total. The SMILES string of the molecule is NC/C(F)=C1\CCCN(c2c(F)cc3c(=O)c(C(=O)OC(=O)C(F)(F)F)cn(-c4nc(N)c(F)cc4F)c3c2Cl)C1. The quantitative estimate of drug-likeness (QED) is 0.258. The molecule has 218 valence electrons. The van der Waals surface area contributed by atoms with Gasteiger partial charge in [0.25, 0.3) is 0 Å². The van der Waals surface area contributed by atoms with Crippen LogP contribution in [0.15, 0.2) is 34.5 Å². The van der Waals surface area contributed by atoms with Crippen LogP contribution in [0.3, 0.4) is 0 Å². The number of piperidine rings is 1. The molecule has 41 heavy (non-hydrogen) atoms. The number of aromatic nitrogens is 2. The van der Waals surface area contributed by atoms with Gasteiger partial charge in [0.2, 0.25) is 5.43 Å². The lowest BCUT2D eigenvalue weighted by Crippen LogP contribution is -2.33. The van der Waals surface area contributed by atoms with E-state index in [4.69, 9.17) is 23.1 Å². The van der Waals surface area contributed by atoms with Crippen LogP contribution in [0.4, 0.5) is 42.2 Å². The van der Waals surface area contributed by atoms with Gasteiger partial charge in [0.05, 0.1) is 21.6 Å². The first-order valence-electron chi connectivity index (χ1n) is 11.5. The zero-order valence-corrected chi connectivity index (χ0v) is 21.2. The van der Waals surface area contributed by atoms with Gasteiger partial charge >= 0.3 is 18.1 Å². The molecule has 0 bridgehead atoms. The molecule has 17 heteroatoms. The number of hydrogen-bond donors (Lipinski definition) is 2. The predicted molar refractivity (Wildman–Crippen MR) is 132 cm³/mol. The number of carbonyl (C=O) groups is 2. The lowest BCUT2D eigenvalue weighted by Gasteiger charge is -2.32. The molecule has 4 N–H and O–H groups in total. The first kappa shape index (κ1) is 29.8. The molecule has 0 spiro atoms. The first-order chi connectivity index (χ1) is 19.1. The summed E-state index contributed by atoms with van der Waals surface area (Å²) in [5.41, 5.74) is 7.40. The highest BCUT2D eigenvalue weighted by Crippen LogP contribution is 2.39. The summed E-state index contributed by atoms with van der Waals surface area (Å²) in [6.45, 7) is -0.438. The normalized spacial score (nSPS) is 15.3. The zero-order valence-electron chi connectivity index (χ0n) is 20.4. The third kappa shape index (κ3) is 5.56. The van der Waals surface area contributed by atoms with Crippen molar-refractivity contribution < 1.29 is 45.1 Å². The number of alkyl halides is 3. The third-order valence-electron chi connectivity index (χ3n) is 6.13. The van der Waals surface area contributed by atoms with E-state index in [2.05, 4.69) is 9.72 Å². The number of nitrogen functional groups attached to an aromatic ring is 1. The molecule has 0 radical (unpaired) electrons. The van der Waals surface area contributed by atoms with Gasteiger partial charge in [-0.05, 0) is 24.5 Å². The zero-order chi connectivity index (χ0) is 30.4. The summed E-state index contributed by atoms with van der Waals surface area (Å²) in [6.07, 6.45) is -4.54. The van der Waals surface area contributed by atoms with Crippen LogP contribution < -0.4 is 21.8 Å². The molecule has 1 fully saturated rings. The number of fused-ring (bicyclic) bond motifs is 1. The highest BCUT2D eigenvalue weighted by atomic mass is 35.5. The Morgan fingerprint density at radius 1 is 1.12 bits per heavy atom. The Morgan fingerprint density at radius 2 is 1.80 bits per heavy atom. The topological polar surface area (TPSA) is 134 Å². The van der Waals surface area contributed by atoms with Crippen molar-refractivity contribution in [3.63, 3.8) is 0 Å². The summed E-state index contributed by atoms with van der Waals surface area (Å²) in [5.74, 6) is -11.4. The predicted octanol–water partition coefficient (Wildman–Crippen LogP) is 4.07. The first-order valence-corrected chi connectivity index (χ1v) is 11.9. The van der Waals surface area contributed by atoms with Crippen molar-refractivity contribution in [1.29, 1.82) is 0 Å². The van der Waals surface area contributed by atoms with Crippen LogP contribution in [0.1, 0.15) is 23.2 Å². The van der Waals surface area contributed by atoms with Gasteiger partial charge in [-0.3, -0.25) is 9.36 Å². The van der Waals surface area contributed by atoms with E-state index in [9.17, 15) is 40.7 Å². The molecule has 1 saturated heterocycles. The number of nitrogens with two attached hydrogens (primary N) is 2. The van der Waals surface area contributed by atoms with Crippen LogP contribution >= 0.6 is 11.6 Å². The number of nitrogens with zero attached hydrogens (tertiary/aromatic N) is 3. The number of carbonyl (C=O) groups excluding carboxylic acids is 2. The Balaban J connectivity index is 2.03. The van der Waals surface area contributed by atoms with Crippen molar-refractivity contribution in [3.8, 4) is 5.82 Å². The van der Waals surface area contributed by atoms with Gasteiger partial charge < -0.3 is 21.1 Å². The minimum absolute atomic E-state index is 0.147. The molecule has 0 amide bonds. The van der Waals surface area contributed by atoms with Crippen molar-refractivity contribution in [2.24, 2.45) is 5.73 Å². The van der Waals surface area contributed by atoms with Crippen molar-refractivity contribution in [2.45, 2.75) is 19.0 Å². The lowest BCUT2D eigenvalue weighted by atomic mass is 10.0. The van der Waals surface area contributed by atoms with Gasteiger partial charge in [0.15, 0.2) is 23.3 Å². The molecule has 1 aliphatic rings. The number of halogens is 8. The Bertz CT molecular complexity index is 1690. The van der Waals surface area contributed by atoms with Crippen LogP contribution in [0.25, 0.3) is 16.7 Å². The Kier molecular flexibility index (Phi) is 8.00. The van der Waals surface area contributed by atoms with Gasteiger partial charge in [-0.1, -0.05) is 11.6 Å². The molecule has 3 heterocycles. The monoisotopic (exact) mass is 607 g/mol. The van der Waals surface area contributed by atoms with E-state index in [-0.39, 0.29) is 30.4 Å². The number of anilines is 2. The van der Waals surface area contributed by atoms with E-state index in [0.717, 1.165) is 0 Å². The molecule has 0 atom stereocenters. The third-order valence-corrected chi connectivity index (χ3v) is 6.49. The van der Waals surface area contributed by atoms with Crippen molar-refractivity contribution in [3.05, 3.63) is 68.0 Å². The van der Waals surface area contributed by atoms with Crippen LogP contribution in [0.2, 0.25) is 5.02 Å². The number of ether oxygens (including phenoxy) is 1. The largest absolute Gasteiger partial charge is 0.491 e. The standard InChI is InChI=1S/C24H17ClF7N5O4/c25-16-17-10(4-12(26)18(16)36-3-1-2-9(7-36)15(29)6-33)19(38)11(22(39)41-23(40)24(30,31)32)8-37(17)21-14(28)5-13(27)20(34)35-21/h4-5,8H,1-3,6-7,33H2,(H2,34,35)/b15-9-. The molecule has 4 rings (SSSR count). The number of hydrogen-bond acceptors (Lipinski definition) is 8. The maximum absolute atomic E-state index is 15.5. The van der Waals surface area contributed by atoms with Crippen LogP contribution in [0, 0.1) is 17.5 Å². The summed E-state index contributed by atoms with van der Waals surface area (Å²) in [4.78, 5) is 41.6. The van der Waals surface area contributed by atoms with Gasteiger partial charge in [-0.15, -0.1) is 0 Å². The minimum Gasteiger partial charge on any atom is -0.382 e. The summed E-state index contributed by atoms with van der Waals surface area (Å²) < 4.78 is 101. The molecule has 0 unspecified atom stereocenters. The molecule has 0 saturated carbocycles. The lowest BCUT2D eigenvalue weighted by molar-refractivity contribution is -0.193. The highest BCUT2D eigenvalue weighted by molar-refractivity contribution is 6.38. The number of esters is 2. The second-order valence-corrected chi connectivity index (χ2v) is 9.11. The van der Waals surface area contributed by atoms with E-state index >= 15 is 4.39 Å². The van der Waals surface area contributed by atoms with Gasteiger partial charge in [0.1, 0.15) is 17.2 Å². The molecule has 2 aromatic heterocycles. The van der Waals surface area contributed by atoms with E-state index < -0.39 is 86.5 Å². The van der Waals surface area contributed by atoms with Crippen LogP contribution in [-0.4, -0.2) is 47.3 Å². The van der Waals surface area contributed by atoms with E-state index in [1.165, 1.54) is 4.90 Å². The van der Waals surface area contributed by atoms with Crippen molar-refractivity contribution >= 4 is 45.9 Å². The second kappa shape index (κ2) is 11.0. The minimum atomic E-state index is -5.62. The van der Waals surface area contributed by atoms with E-state index in [1.54, 1.807) is 0 Å². The molecule has 1 aromatic carbocycles. The fourth-order valence-electron chi connectivity index (χ4n) is 4.27. The maximum Gasteiger partial charge on any atom is 0.491 e. The fraction of sp³-hybridized carbons (Fsp3) is 0.250. The summed E-state index contributed by atoms with van der Waals surface area (Å²) in [6, 6.07) is 0.836. The van der Waals surface area contributed by atoms with E-state index in [0.29, 0.717) is 29.7 Å². The molecular weight excluding hydrogens is 591 g/mol. The highest BCUT2D eigenvalue weighted by Gasteiger charge is 2.43. The van der Waals surface area contributed by atoms with Gasteiger partial charge in [-0.2, -0.15) is 13.2 Å². The Hall–Kier alpha value is -4.18. The average molecular weight is 608 g/mol. The average Bonchev–Trinajstić information content (AvgIpc) is 2.90. The second-order valence-electron chi connectivity index (χ2n) is 8.73. The number of benzene rings is 1. The molecular formula is C24H17ClF7N5O4. The van der Waals surface area contributed by atoms with Gasteiger partial charge in [0, 0.05) is 31.9 Å². The smallest absolute Gasteiger partial charge is 0.382 e. The van der Waals surface area contributed by atoms with Crippen molar-refractivity contribution in [1.82, 2.24) is 9.55 Å². The fourth-order valence-corrected chi connectivity index (χ4v) is 4.67. The summed E-state index contributed by atoms with van der Waals surface area (Å²) in [5, 5.41) is -1.36. The Labute approximate surface area is 229 Å². The number of pyridine rings is 2. The molecule has 3 aromatic rings. The summed E-state index contributed by atoms with van der Waals surface area (Å²) in [7, 11) is 0. The van der Waals surface area contributed by atoms with Crippen molar-refractivity contribution in [2.75, 3.05) is 30.3 Å². The Morgan fingerprint density at radius 3 is 2.44 bits per heavy atom. The summed E-state index contributed by atoms with van der Waals surface area (Å²) >= 11 is 6.52. The molecule has 0 aliphatic carbocycles. The van der Waals surface area contributed by atoms with E-state index in [1.807, 2.05) is 0 Å². The van der Waals surface area contributed by atoms with Crippen LogP contribution in [-0.2, 0) is 9.53 Å². The number of rotatable bonds is 4. The molecule has 1 aliphatic heterocycles. The maximum atomic E-state index is 15.5.